The number of carbonyl (C=O) groups is 1. The van der Waals surface area contributed by atoms with E-state index in [0.717, 1.165) is 27.6 Å². The van der Waals surface area contributed by atoms with Crippen molar-refractivity contribution in [3.05, 3.63) is 82.5 Å². The number of aromatic nitrogens is 3. The number of rotatable bonds is 8. The lowest BCUT2D eigenvalue weighted by Crippen LogP contribution is -2.13. The van der Waals surface area contributed by atoms with Crippen LogP contribution >= 0.6 is 22.9 Å². The Morgan fingerprint density at radius 2 is 1.97 bits per heavy atom. The molecule has 3 N–H and O–H groups in total. The van der Waals surface area contributed by atoms with Crippen LogP contribution in [0.25, 0.3) is 10.4 Å². The molecule has 4 aromatic rings. The maximum atomic E-state index is 12.5. The van der Waals surface area contributed by atoms with Gasteiger partial charge in [0.05, 0.1) is 17.1 Å². The van der Waals surface area contributed by atoms with Crippen molar-refractivity contribution in [2.24, 2.45) is 0 Å². The lowest BCUT2D eigenvalue weighted by Gasteiger charge is -2.09. The zero-order valence-corrected chi connectivity index (χ0v) is 18.4. The van der Waals surface area contributed by atoms with Crippen LogP contribution in [-0.4, -0.2) is 20.9 Å². The fraction of sp³-hybridized carbons (Fsp3) is 0.174. The Bertz CT molecular complexity index is 1160. The molecule has 2 aromatic heterocycles. The van der Waals surface area contributed by atoms with Gasteiger partial charge in [-0.2, -0.15) is 0 Å². The van der Waals surface area contributed by atoms with Gasteiger partial charge in [0.1, 0.15) is 0 Å². The number of carbonyl (C=O) groups excluding carboxylic acids is 1. The van der Waals surface area contributed by atoms with Crippen molar-refractivity contribution < 1.29 is 4.79 Å². The molecule has 2 heterocycles. The predicted octanol–water partition coefficient (Wildman–Crippen LogP) is 5.06. The molecule has 2 aromatic carbocycles. The number of benzene rings is 2. The Kier molecular flexibility index (Phi) is 6.64. The number of nitrogens with one attached hydrogen (secondary N) is 1. The van der Waals surface area contributed by atoms with Gasteiger partial charge in [0, 0.05) is 35.5 Å². The van der Waals surface area contributed by atoms with E-state index in [0.29, 0.717) is 30.8 Å². The Morgan fingerprint density at radius 3 is 2.74 bits per heavy atom. The lowest BCUT2D eigenvalue weighted by atomic mass is 10.1. The van der Waals surface area contributed by atoms with E-state index in [4.69, 9.17) is 17.3 Å². The Morgan fingerprint density at radius 1 is 1.13 bits per heavy atom. The molecule has 0 atom stereocenters. The Balaban J connectivity index is 1.29. The van der Waals surface area contributed by atoms with Crippen molar-refractivity contribution in [2.75, 3.05) is 11.1 Å². The summed E-state index contributed by atoms with van der Waals surface area (Å²) in [6, 6.07) is 17.5. The Hall–Kier alpha value is -3.16. The summed E-state index contributed by atoms with van der Waals surface area (Å²) in [7, 11) is 0. The number of thiophene rings is 1. The van der Waals surface area contributed by atoms with Gasteiger partial charge in [0.25, 0.3) is 0 Å². The third kappa shape index (κ3) is 5.71. The summed E-state index contributed by atoms with van der Waals surface area (Å²) in [4.78, 5) is 13.6. The largest absolute Gasteiger partial charge is 0.397 e. The van der Waals surface area contributed by atoms with Crippen LogP contribution in [0.3, 0.4) is 0 Å². The molecule has 4 rings (SSSR count). The molecule has 0 unspecified atom stereocenters. The van der Waals surface area contributed by atoms with E-state index < -0.39 is 0 Å². The molecule has 1 amide bonds. The van der Waals surface area contributed by atoms with Crippen LogP contribution in [0, 0.1) is 0 Å². The maximum absolute atomic E-state index is 12.5. The third-order valence-electron chi connectivity index (χ3n) is 4.87. The van der Waals surface area contributed by atoms with Crippen molar-refractivity contribution in [2.45, 2.75) is 25.8 Å². The zero-order valence-electron chi connectivity index (χ0n) is 16.8. The fourth-order valence-electron chi connectivity index (χ4n) is 3.17. The minimum Gasteiger partial charge on any atom is -0.397 e. The molecule has 0 bridgehead atoms. The first-order chi connectivity index (χ1) is 15.1. The Labute approximate surface area is 189 Å². The topological polar surface area (TPSA) is 85.8 Å². The van der Waals surface area contributed by atoms with Crippen molar-refractivity contribution >= 4 is 40.2 Å². The second-order valence-electron chi connectivity index (χ2n) is 7.18. The van der Waals surface area contributed by atoms with E-state index in [2.05, 4.69) is 15.6 Å². The quantitative estimate of drug-likeness (QED) is 0.367. The number of aryl methyl sites for hydroxylation is 3. The molecule has 0 spiro atoms. The number of nitrogens with two attached hydrogens (primary N) is 1. The summed E-state index contributed by atoms with van der Waals surface area (Å²) >= 11 is 7.56. The van der Waals surface area contributed by atoms with Crippen LogP contribution in [-0.2, 0) is 24.2 Å². The van der Waals surface area contributed by atoms with Gasteiger partial charge in [-0.1, -0.05) is 41.1 Å². The van der Waals surface area contributed by atoms with Gasteiger partial charge in [-0.05, 0) is 53.3 Å². The standard InChI is InChI=1S/C23H22ClN5OS/c24-18-6-3-16(4-7-18)11-12-29-15-19(27-28-29)8-10-23(30)26-21-14-17(5-9-20(21)25)22-2-1-13-31-22/h1-7,9,13-15H,8,10-12,25H2,(H,26,30). The molecule has 31 heavy (non-hydrogen) atoms. The molecule has 0 fully saturated rings. The molecule has 0 aliphatic rings. The molecule has 0 aliphatic heterocycles. The number of hydrogen-bond acceptors (Lipinski definition) is 5. The highest BCUT2D eigenvalue weighted by atomic mass is 35.5. The van der Waals surface area contributed by atoms with Gasteiger partial charge in [-0.25, -0.2) is 0 Å². The summed E-state index contributed by atoms with van der Waals surface area (Å²) in [6.07, 6.45) is 3.53. The molecule has 6 nitrogen and oxygen atoms in total. The summed E-state index contributed by atoms with van der Waals surface area (Å²) in [6.45, 7) is 0.715. The van der Waals surface area contributed by atoms with Gasteiger partial charge in [-0.15, -0.1) is 16.4 Å². The number of anilines is 2. The van der Waals surface area contributed by atoms with Crippen molar-refractivity contribution in [1.29, 1.82) is 0 Å². The molecule has 0 saturated heterocycles. The third-order valence-corrected chi connectivity index (χ3v) is 6.04. The minimum atomic E-state index is -0.106. The fourth-order valence-corrected chi connectivity index (χ4v) is 4.02. The van der Waals surface area contributed by atoms with Crippen molar-refractivity contribution in [1.82, 2.24) is 15.0 Å². The van der Waals surface area contributed by atoms with Crippen LogP contribution in [0.15, 0.2) is 66.2 Å². The molecular weight excluding hydrogens is 430 g/mol. The molecule has 0 aliphatic carbocycles. The first-order valence-electron chi connectivity index (χ1n) is 9.93. The van der Waals surface area contributed by atoms with E-state index in [1.807, 2.05) is 66.2 Å². The summed E-state index contributed by atoms with van der Waals surface area (Å²) in [5.74, 6) is -0.106. The molecule has 0 radical (unpaired) electrons. The lowest BCUT2D eigenvalue weighted by molar-refractivity contribution is -0.116. The normalized spacial score (nSPS) is 10.9. The van der Waals surface area contributed by atoms with Crippen LogP contribution in [0.2, 0.25) is 5.02 Å². The highest BCUT2D eigenvalue weighted by molar-refractivity contribution is 7.13. The molecule has 8 heteroatoms. The van der Waals surface area contributed by atoms with E-state index in [-0.39, 0.29) is 5.91 Å². The second-order valence-corrected chi connectivity index (χ2v) is 8.56. The van der Waals surface area contributed by atoms with Crippen LogP contribution in [0.1, 0.15) is 17.7 Å². The highest BCUT2D eigenvalue weighted by Crippen LogP contribution is 2.30. The average molecular weight is 452 g/mol. The number of amides is 1. The van der Waals surface area contributed by atoms with E-state index in [1.54, 1.807) is 16.0 Å². The highest BCUT2D eigenvalue weighted by Gasteiger charge is 2.10. The van der Waals surface area contributed by atoms with Crippen molar-refractivity contribution in [3.8, 4) is 10.4 Å². The van der Waals surface area contributed by atoms with Crippen LogP contribution < -0.4 is 11.1 Å². The van der Waals surface area contributed by atoms with Crippen molar-refractivity contribution in [3.63, 3.8) is 0 Å². The average Bonchev–Trinajstić information content (AvgIpc) is 3.46. The number of nitrogen functional groups attached to an aromatic ring is 1. The number of halogens is 1. The second kappa shape index (κ2) is 9.76. The zero-order chi connectivity index (χ0) is 21.6. The van der Waals surface area contributed by atoms with Gasteiger partial charge in [0.2, 0.25) is 5.91 Å². The monoisotopic (exact) mass is 451 g/mol. The van der Waals surface area contributed by atoms with Gasteiger partial charge < -0.3 is 11.1 Å². The molecule has 0 saturated carbocycles. The summed E-state index contributed by atoms with van der Waals surface area (Å²) < 4.78 is 1.80. The van der Waals surface area contributed by atoms with Crippen LogP contribution in [0.5, 0.6) is 0 Å². The SMILES string of the molecule is Nc1ccc(-c2cccs2)cc1NC(=O)CCc1cn(CCc2ccc(Cl)cc2)nn1. The number of hydrogen-bond donors (Lipinski definition) is 2. The molecule has 158 valence electrons. The first kappa shape index (κ1) is 21.1. The maximum Gasteiger partial charge on any atom is 0.224 e. The van der Waals surface area contributed by atoms with Gasteiger partial charge in [0.15, 0.2) is 0 Å². The first-order valence-corrected chi connectivity index (χ1v) is 11.2. The van der Waals surface area contributed by atoms with E-state index >= 15 is 0 Å². The molecular formula is C23H22ClN5OS. The summed E-state index contributed by atoms with van der Waals surface area (Å²) in [5, 5.41) is 14.0. The summed E-state index contributed by atoms with van der Waals surface area (Å²) in [5.41, 5.74) is 10.2. The van der Waals surface area contributed by atoms with Gasteiger partial charge in [-0.3, -0.25) is 9.48 Å². The van der Waals surface area contributed by atoms with Gasteiger partial charge >= 0.3 is 0 Å². The predicted molar refractivity (Wildman–Crippen MR) is 126 cm³/mol. The van der Waals surface area contributed by atoms with E-state index in [9.17, 15) is 4.79 Å². The smallest absolute Gasteiger partial charge is 0.224 e. The van der Waals surface area contributed by atoms with E-state index in [1.165, 1.54) is 5.56 Å². The number of nitrogens with zero attached hydrogens (tertiary/aromatic N) is 3. The van der Waals surface area contributed by atoms with Crippen LogP contribution in [0.4, 0.5) is 11.4 Å². The minimum absolute atomic E-state index is 0.106.